The highest BCUT2D eigenvalue weighted by molar-refractivity contribution is 6.33. The molecule has 0 saturated heterocycles. The van der Waals surface area contributed by atoms with E-state index < -0.39 is 0 Å². The third-order valence-corrected chi connectivity index (χ3v) is 2.06. The Hall–Kier alpha value is -0.200. The molecular weight excluding hydrogens is 179 g/mol. The van der Waals surface area contributed by atoms with E-state index >= 15 is 0 Å². The van der Waals surface area contributed by atoms with Gasteiger partial charge in [-0.3, -0.25) is 0 Å². The van der Waals surface area contributed by atoms with Crippen LogP contribution in [0.1, 0.15) is 12.0 Å². The maximum atomic E-state index is 5.89. The number of rotatable bonds is 2. The van der Waals surface area contributed by atoms with Crippen molar-refractivity contribution in [2.45, 2.75) is 12.8 Å². The van der Waals surface area contributed by atoms with Crippen molar-refractivity contribution < 1.29 is 0 Å². The number of halogens is 2. The zero-order chi connectivity index (χ0) is 8.27. The molecule has 0 nitrogen and oxygen atoms in total. The van der Waals surface area contributed by atoms with Crippen LogP contribution in [0.2, 0.25) is 10.0 Å². The Morgan fingerprint density at radius 1 is 1.27 bits per heavy atom. The van der Waals surface area contributed by atoms with Gasteiger partial charge in [-0.05, 0) is 36.6 Å². The lowest BCUT2D eigenvalue weighted by atomic mass is 10.1. The normalized spacial score (nSPS) is 10.1. The molecule has 0 bridgehead atoms. The summed E-state index contributed by atoms with van der Waals surface area (Å²) >= 11 is 11.7. The molecule has 0 unspecified atom stereocenters. The highest BCUT2D eigenvalue weighted by atomic mass is 35.5. The number of aryl methyl sites for hydroxylation is 1. The lowest BCUT2D eigenvalue weighted by Crippen LogP contribution is -1.83. The summed E-state index contributed by atoms with van der Waals surface area (Å²) < 4.78 is 0. The van der Waals surface area contributed by atoms with E-state index in [0.717, 1.165) is 28.5 Å². The molecule has 59 valence electrons. The van der Waals surface area contributed by atoms with E-state index in [9.17, 15) is 0 Å². The first kappa shape index (κ1) is 8.89. The molecule has 1 radical (unpaired) electrons. The first-order valence-electron chi connectivity index (χ1n) is 3.47. The standard InChI is InChI=1S/C9H9Cl2/c1-2-3-7-6-8(10)4-5-9(7)11/h4-6H,1-3H2. The van der Waals surface area contributed by atoms with Gasteiger partial charge < -0.3 is 0 Å². The topological polar surface area (TPSA) is 0 Å². The Balaban J connectivity index is 2.93. The van der Waals surface area contributed by atoms with Gasteiger partial charge >= 0.3 is 0 Å². The van der Waals surface area contributed by atoms with Crippen LogP contribution >= 0.6 is 23.2 Å². The number of benzene rings is 1. The van der Waals surface area contributed by atoms with Crippen LogP contribution in [-0.4, -0.2) is 0 Å². The van der Waals surface area contributed by atoms with Crippen molar-refractivity contribution in [2.75, 3.05) is 0 Å². The third kappa shape index (κ3) is 2.39. The Morgan fingerprint density at radius 2 is 2.00 bits per heavy atom. The minimum absolute atomic E-state index is 0.734. The van der Waals surface area contributed by atoms with Crippen LogP contribution in [0.25, 0.3) is 0 Å². The molecule has 0 fully saturated rings. The van der Waals surface area contributed by atoms with Crippen molar-refractivity contribution in [2.24, 2.45) is 0 Å². The van der Waals surface area contributed by atoms with Crippen LogP contribution in [0.5, 0.6) is 0 Å². The Morgan fingerprint density at radius 3 is 2.64 bits per heavy atom. The summed E-state index contributed by atoms with van der Waals surface area (Å²) in [5, 5.41) is 1.51. The minimum atomic E-state index is 0.734. The monoisotopic (exact) mass is 187 g/mol. The van der Waals surface area contributed by atoms with Crippen LogP contribution in [-0.2, 0) is 6.42 Å². The predicted molar refractivity (Wildman–Crippen MR) is 50.1 cm³/mol. The van der Waals surface area contributed by atoms with Crippen molar-refractivity contribution in [3.8, 4) is 0 Å². The smallest absolute Gasteiger partial charge is 0.0439 e. The molecule has 1 aromatic carbocycles. The Labute approximate surface area is 77.1 Å². The molecule has 0 aromatic heterocycles. The molecule has 1 aromatic rings. The zero-order valence-corrected chi connectivity index (χ0v) is 7.62. The summed E-state index contributed by atoms with van der Waals surface area (Å²) in [6, 6.07) is 5.49. The van der Waals surface area contributed by atoms with Crippen molar-refractivity contribution in [3.63, 3.8) is 0 Å². The molecule has 0 saturated carbocycles. The molecule has 0 atom stereocenters. The van der Waals surface area contributed by atoms with Crippen molar-refractivity contribution in [1.82, 2.24) is 0 Å². The fourth-order valence-corrected chi connectivity index (χ4v) is 1.33. The van der Waals surface area contributed by atoms with Gasteiger partial charge in [0.15, 0.2) is 0 Å². The van der Waals surface area contributed by atoms with Crippen LogP contribution in [0, 0.1) is 6.92 Å². The molecule has 0 amide bonds. The van der Waals surface area contributed by atoms with E-state index in [0.29, 0.717) is 0 Å². The molecule has 0 aliphatic heterocycles. The molecule has 2 heteroatoms. The SMILES string of the molecule is [CH2]CCc1cc(Cl)ccc1Cl. The summed E-state index contributed by atoms with van der Waals surface area (Å²) in [7, 11) is 0. The van der Waals surface area contributed by atoms with Gasteiger partial charge in [-0.2, -0.15) is 0 Å². The average Bonchev–Trinajstić information content (AvgIpc) is 1.98. The summed E-state index contributed by atoms with van der Waals surface area (Å²) in [6.07, 6.45) is 1.74. The minimum Gasteiger partial charge on any atom is -0.0843 e. The summed E-state index contributed by atoms with van der Waals surface area (Å²) in [5.41, 5.74) is 1.08. The van der Waals surface area contributed by atoms with E-state index in [4.69, 9.17) is 23.2 Å². The number of hydrogen-bond acceptors (Lipinski definition) is 0. The molecular formula is C9H9Cl2. The van der Waals surface area contributed by atoms with Crippen LogP contribution in [0.3, 0.4) is 0 Å². The quantitative estimate of drug-likeness (QED) is 0.662. The maximum absolute atomic E-state index is 5.89. The second-order valence-corrected chi connectivity index (χ2v) is 3.18. The Bertz CT molecular complexity index is 243. The van der Waals surface area contributed by atoms with Gasteiger partial charge in [0.05, 0.1) is 0 Å². The first-order valence-corrected chi connectivity index (χ1v) is 4.23. The highest BCUT2D eigenvalue weighted by Crippen LogP contribution is 2.21. The average molecular weight is 188 g/mol. The van der Waals surface area contributed by atoms with E-state index in [1.807, 2.05) is 12.1 Å². The molecule has 0 aliphatic rings. The van der Waals surface area contributed by atoms with Gasteiger partial charge in [0, 0.05) is 10.0 Å². The third-order valence-electron chi connectivity index (χ3n) is 1.45. The zero-order valence-electron chi connectivity index (χ0n) is 6.11. The van der Waals surface area contributed by atoms with Crippen LogP contribution in [0.4, 0.5) is 0 Å². The predicted octanol–water partition coefficient (Wildman–Crippen LogP) is 3.76. The van der Waals surface area contributed by atoms with Gasteiger partial charge in [-0.1, -0.05) is 30.1 Å². The van der Waals surface area contributed by atoms with Crippen molar-refractivity contribution in [1.29, 1.82) is 0 Å². The largest absolute Gasteiger partial charge is 0.0843 e. The summed E-state index contributed by atoms with van der Waals surface area (Å²) in [5.74, 6) is 0. The van der Waals surface area contributed by atoms with E-state index in [-0.39, 0.29) is 0 Å². The van der Waals surface area contributed by atoms with E-state index in [2.05, 4.69) is 6.92 Å². The lowest BCUT2D eigenvalue weighted by Gasteiger charge is -2.01. The van der Waals surface area contributed by atoms with E-state index in [1.165, 1.54) is 0 Å². The molecule has 0 spiro atoms. The van der Waals surface area contributed by atoms with Gasteiger partial charge in [-0.25, -0.2) is 0 Å². The van der Waals surface area contributed by atoms with E-state index in [1.54, 1.807) is 6.07 Å². The van der Waals surface area contributed by atoms with Crippen molar-refractivity contribution >= 4 is 23.2 Å². The molecule has 11 heavy (non-hydrogen) atoms. The molecule has 0 aliphatic carbocycles. The number of hydrogen-bond donors (Lipinski definition) is 0. The highest BCUT2D eigenvalue weighted by Gasteiger charge is 1.98. The lowest BCUT2D eigenvalue weighted by molar-refractivity contribution is 1.000. The first-order chi connectivity index (χ1) is 5.24. The fraction of sp³-hybridized carbons (Fsp3) is 0.222. The molecule has 0 heterocycles. The van der Waals surface area contributed by atoms with Gasteiger partial charge in [0.25, 0.3) is 0 Å². The molecule has 1 rings (SSSR count). The van der Waals surface area contributed by atoms with Crippen LogP contribution < -0.4 is 0 Å². The van der Waals surface area contributed by atoms with Crippen LogP contribution in [0.15, 0.2) is 18.2 Å². The Kier molecular flexibility index (Phi) is 3.22. The second-order valence-electron chi connectivity index (χ2n) is 2.34. The van der Waals surface area contributed by atoms with Gasteiger partial charge in [-0.15, -0.1) is 0 Å². The maximum Gasteiger partial charge on any atom is 0.0439 e. The second kappa shape index (κ2) is 3.99. The fourth-order valence-electron chi connectivity index (χ4n) is 0.925. The van der Waals surface area contributed by atoms with Gasteiger partial charge in [0.2, 0.25) is 0 Å². The van der Waals surface area contributed by atoms with Crippen molar-refractivity contribution in [3.05, 3.63) is 40.7 Å². The summed E-state index contributed by atoms with van der Waals surface area (Å²) in [4.78, 5) is 0. The summed E-state index contributed by atoms with van der Waals surface area (Å²) in [6.45, 7) is 3.75. The molecule has 0 N–H and O–H groups in total. The van der Waals surface area contributed by atoms with Gasteiger partial charge in [0.1, 0.15) is 0 Å².